The lowest BCUT2D eigenvalue weighted by atomic mass is 9.92. The molecular weight excluding hydrogens is 436 g/mol. The molecule has 2 aromatic heterocycles. The fourth-order valence-corrected chi connectivity index (χ4v) is 4.08. The number of nitrogens with one attached hydrogen (secondary N) is 2. The highest BCUT2D eigenvalue weighted by Crippen LogP contribution is 2.31. The highest BCUT2D eigenvalue weighted by Gasteiger charge is 2.19. The topological polar surface area (TPSA) is 75.9 Å². The van der Waals surface area contributed by atoms with Gasteiger partial charge >= 0.3 is 0 Å². The average molecular weight is 460 g/mol. The first kappa shape index (κ1) is 21.8. The van der Waals surface area contributed by atoms with Crippen molar-refractivity contribution in [3.63, 3.8) is 0 Å². The predicted octanol–water partition coefficient (Wildman–Crippen LogP) is 5.88. The molecule has 1 fully saturated rings. The summed E-state index contributed by atoms with van der Waals surface area (Å²) < 4.78 is 13.7. The first-order valence-corrected chi connectivity index (χ1v) is 11.1. The van der Waals surface area contributed by atoms with Gasteiger partial charge in [0.1, 0.15) is 17.5 Å². The molecule has 0 saturated heterocycles. The quantitative estimate of drug-likeness (QED) is 0.428. The molecule has 0 unspecified atom stereocenters. The van der Waals surface area contributed by atoms with Gasteiger partial charge in [0, 0.05) is 36.6 Å². The van der Waals surface area contributed by atoms with Crippen LogP contribution >= 0.6 is 23.2 Å². The molecule has 1 saturated carbocycles. The van der Waals surface area contributed by atoms with Gasteiger partial charge in [-0.25, -0.2) is 14.4 Å². The van der Waals surface area contributed by atoms with Gasteiger partial charge in [-0.3, -0.25) is 0 Å². The molecule has 3 aromatic rings. The zero-order valence-electron chi connectivity index (χ0n) is 16.9. The van der Waals surface area contributed by atoms with Crippen molar-refractivity contribution < 1.29 is 4.39 Å². The van der Waals surface area contributed by atoms with Gasteiger partial charge < -0.3 is 16.4 Å². The molecule has 4 rings (SSSR count). The normalized spacial score (nSPS) is 18.6. The first-order valence-electron chi connectivity index (χ1n) is 10.3. The number of hydrogen-bond acceptors (Lipinski definition) is 5. The van der Waals surface area contributed by atoms with Crippen LogP contribution < -0.4 is 16.4 Å². The molecule has 162 valence electrons. The predicted molar refractivity (Wildman–Crippen MR) is 125 cm³/mol. The molecule has 31 heavy (non-hydrogen) atoms. The van der Waals surface area contributed by atoms with E-state index in [1.807, 2.05) is 18.2 Å². The van der Waals surface area contributed by atoms with E-state index in [-0.39, 0.29) is 5.02 Å². The minimum Gasteiger partial charge on any atom is -0.367 e. The molecule has 5 nitrogen and oxygen atoms in total. The largest absolute Gasteiger partial charge is 0.367 e. The summed E-state index contributed by atoms with van der Waals surface area (Å²) in [7, 11) is 0. The third kappa shape index (κ3) is 5.64. The third-order valence-corrected chi connectivity index (χ3v) is 6.12. The van der Waals surface area contributed by atoms with E-state index in [1.54, 1.807) is 24.5 Å². The second kappa shape index (κ2) is 9.81. The number of hydrogen-bond donors (Lipinski definition) is 3. The van der Waals surface area contributed by atoms with Crippen molar-refractivity contribution in [3.05, 3.63) is 70.2 Å². The van der Waals surface area contributed by atoms with Crippen molar-refractivity contribution in [3.8, 4) is 11.1 Å². The number of nitrogens with two attached hydrogens (primary N) is 1. The van der Waals surface area contributed by atoms with E-state index in [4.69, 9.17) is 28.9 Å². The lowest BCUT2D eigenvalue weighted by Gasteiger charge is -2.27. The molecule has 0 atom stereocenters. The van der Waals surface area contributed by atoms with Crippen LogP contribution in [-0.2, 0) is 6.54 Å². The first-order chi connectivity index (χ1) is 15.0. The Morgan fingerprint density at radius 3 is 2.55 bits per heavy atom. The lowest BCUT2D eigenvalue weighted by molar-refractivity contribution is 0.410. The molecule has 0 aliphatic heterocycles. The van der Waals surface area contributed by atoms with Crippen molar-refractivity contribution in [2.45, 2.75) is 44.3 Å². The second-order valence-corrected chi connectivity index (χ2v) is 8.65. The van der Waals surface area contributed by atoms with E-state index >= 15 is 0 Å². The van der Waals surface area contributed by atoms with Crippen LogP contribution in [0.5, 0.6) is 0 Å². The molecule has 8 heteroatoms. The van der Waals surface area contributed by atoms with Crippen LogP contribution in [0.1, 0.15) is 31.2 Å². The number of pyridine rings is 2. The Morgan fingerprint density at radius 2 is 1.77 bits per heavy atom. The molecule has 0 amide bonds. The minimum absolute atomic E-state index is 0.108. The van der Waals surface area contributed by atoms with Crippen molar-refractivity contribution in [1.29, 1.82) is 0 Å². The molecule has 1 aliphatic carbocycles. The summed E-state index contributed by atoms with van der Waals surface area (Å²) in [6.07, 6.45) is 7.50. The van der Waals surface area contributed by atoms with Crippen LogP contribution in [0.3, 0.4) is 0 Å². The minimum atomic E-state index is -0.439. The summed E-state index contributed by atoms with van der Waals surface area (Å²) in [6.45, 7) is 0.422. The third-order valence-electron chi connectivity index (χ3n) is 5.51. The van der Waals surface area contributed by atoms with Gasteiger partial charge in [0.15, 0.2) is 0 Å². The van der Waals surface area contributed by atoms with E-state index in [2.05, 4.69) is 20.6 Å². The fraction of sp³-hybridized carbons (Fsp3) is 0.304. The highest BCUT2D eigenvalue weighted by atomic mass is 35.5. The standard InChI is InChI=1S/C23H24Cl2FN5/c24-19-6-1-14(9-21(19)26)12-29-22-10-15(7-8-28-22)18-11-23(30-13-20(18)25)31-17-4-2-16(27)3-5-17/h1,6-11,13,16-17H,2-5,12,27H2,(H,28,29)(H,30,31)/t16-,17-. The Bertz CT molecular complexity index is 1050. The van der Waals surface area contributed by atoms with E-state index < -0.39 is 5.82 Å². The molecule has 1 aromatic carbocycles. The average Bonchev–Trinajstić information content (AvgIpc) is 2.78. The summed E-state index contributed by atoms with van der Waals surface area (Å²) in [6, 6.07) is 11.2. The van der Waals surface area contributed by atoms with E-state index in [1.165, 1.54) is 6.07 Å². The number of rotatable bonds is 6. The number of anilines is 2. The van der Waals surface area contributed by atoms with E-state index in [0.29, 0.717) is 29.5 Å². The van der Waals surface area contributed by atoms with Crippen molar-refractivity contribution in [2.75, 3.05) is 10.6 Å². The molecule has 0 bridgehead atoms. The van der Waals surface area contributed by atoms with Crippen molar-refractivity contribution in [2.24, 2.45) is 5.73 Å². The molecular formula is C23H24Cl2FN5. The number of halogens is 3. The maximum atomic E-state index is 13.7. The highest BCUT2D eigenvalue weighted by molar-refractivity contribution is 6.33. The van der Waals surface area contributed by atoms with Gasteiger partial charge in [-0.2, -0.15) is 0 Å². The van der Waals surface area contributed by atoms with Crippen molar-refractivity contribution >= 4 is 34.8 Å². The van der Waals surface area contributed by atoms with Crippen LogP contribution in [-0.4, -0.2) is 22.1 Å². The van der Waals surface area contributed by atoms with Gasteiger partial charge in [-0.05, 0) is 67.1 Å². The van der Waals surface area contributed by atoms with Gasteiger partial charge in [-0.1, -0.05) is 29.3 Å². The van der Waals surface area contributed by atoms with E-state index in [0.717, 1.165) is 48.2 Å². The number of nitrogens with zero attached hydrogens (tertiary/aromatic N) is 2. The number of benzene rings is 1. The van der Waals surface area contributed by atoms with Gasteiger partial charge in [0.2, 0.25) is 0 Å². The molecule has 0 radical (unpaired) electrons. The molecule has 1 aliphatic rings. The van der Waals surface area contributed by atoms with Crippen molar-refractivity contribution in [1.82, 2.24) is 9.97 Å². The second-order valence-electron chi connectivity index (χ2n) is 7.84. The molecule has 0 spiro atoms. The summed E-state index contributed by atoms with van der Waals surface area (Å²) in [5.41, 5.74) is 8.56. The zero-order valence-corrected chi connectivity index (χ0v) is 18.4. The fourth-order valence-electron chi connectivity index (χ4n) is 3.75. The van der Waals surface area contributed by atoms with Crippen LogP contribution in [0, 0.1) is 5.82 Å². The van der Waals surface area contributed by atoms with E-state index in [9.17, 15) is 4.39 Å². The Morgan fingerprint density at radius 1 is 0.968 bits per heavy atom. The van der Waals surface area contributed by atoms with Crippen LogP contribution in [0.25, 0.3) is 11.1 Å². The SMILES string of the molecule is N[C@H]1CC[C@H](Nc2cc(-c3ccnc(NCc4ccc(Cl)c(F)c4)c3)c(Cl)cn2)CC1. The van der Waals surface area contributed by atoms with Crippen LogP contribution in [0.4, 0.5) is 16.0 Å². The Hall–Kier alpha value is -2.41. The lowest BCUT2D eigenvalue weighted by Crippen LogP contribution is -2.33. The molecule has 4 N–H and O–H groups in total. The number of aromatic nitrogens is 2. The summed E-state index contributed by atoms with van der Waals surface area (Å²) in [4.78, 5) is 8.80. The summed E-state index contributed by atoms with van der Waals surface area (Å²) in [5, 5.41) is 7.39. The summed E-state index contributed by atoms with van der Waals surface area (Å²) in [5.74, 6) is 1.02. The monoisotopic (exact) mass is 459 g/mol. The Kier molecular flexibility index (Phi) is 6.90. The van der Waals surface area contributed by atoms with Gasteiger partial charge in [0.25, 0.3) is 0 Å². The van der Waals surface area contributed by atoms with Gasteiger partial charge in [-0.15, -0.1) is 0 Å². The molecule has 2 heterocycles. The Balaban J connectivity index is 1.48. The summed E-state index contributed by atoms with van der Waals surface area (Å²) >= 11 is 12.2. The Labute approximate surface area is 191 Å². The van der Waals surface area contributed by atoms with Crippen LogP contribution in [0.15, 0.2) is 48.8 Å². The zero-order chi connectivity index (χ0) is 21.8. The maximum Gasteiger partial charge on any atom is 0.142 e. The smallest absolute Gasteiger partial charge is 0.142 e. The van der Waals surface area contributed by atoms with Crippen LogP contribution in [0.2, 0.25) is 10.0 Å². The van der Waals surface area contributed by atoms with Gasteiger partial charge in [0.05, 0.1) is 10.0 Å². The maximum absolute atomic E-state index is 13.7.